The molecule has 3 rings (SSSR count). The summed E-state index contributed by atoms with van der Waals surface area (Å²) in [6.45, 7) is 6.44. The number of hydrogen-bond acceptors (Lipinski definition) is 3. The molecule has 0 bridgehead atoms. The predicted molar refractivity (Wildman–Crippen MR) is 79.3 cm³/mol. The van der Waals surface area contributed by atoms with Crippen molar-refractivity contribution in [1.82, 2.24) is 9.62 Å². The zero-order valence-electron chi connectivity index (χ0n) is 11.6. The normalized spacial score (nSPS) is 29.6. The van der Waals surface area contributed by atoms with E-state index in [1.165, 1.54) is 0 Å². The van der Waals surface area contributed by atoms with Crippen molar-refractivity contribution in [2.45, 2.75) is 24.3 Å². The summed E-state index contributed by atoms with van der Waals surface area (Å²) >= 11 is 5.84. The Bertz CT molecular complexity index is 613. The molecule has 2 aliphatic rings. The van der Waals surface area contributed by atoms with Crippen molar-refractivity contribution in [3.8, 4) is 0 Å². The first kappa shape index (κ1) is 14.3. The molecule has 0 aromatic heterocycles. The fourth-order valence-corrected chi connectivity index (χ4v) is 5.53. The van der Waals surface area contributed by atoms with E-state index >= 15 is 0 Å². The summed E-state index contributed by atoms with van der Waals surface area (Å²) in [6, 6.07) is 6.42. The fraction of sp³-hybridized carbons (Fsp3) is 0.571. The van der Waals surface area contributed by atoms with E-state index in [0.717, 1.165) is 13.1 Å². The first-order chi connectivity index (χ1) is 9.33. The van der Waals surface area contributed by atoms with Crippen molar-refractivity contribution >= 4 is 21.6 Å². The number of nitrogens with one attached hydrogen (secondary N) is 1. The van der Waals surface area contributed by atoms with Crippen LogP contribution >= 0.6 is 11.6 Å². The van der Waals surface area contributed by atoms with Gasteiger partial charge in [0.1, 0.15) is 0 Å². The van der Waals surface area contributed by atoms with Crippen LogP contribution < -0.4 is 5.32 Å². The van der Waals surface area contributed by atoms with Gasteiger partial charge in [-0.15, -0.1) is 0 Å². The van der Waals surface area contributed by atoms with Crippen molar-refractivity contribution in [2.75, 3.05) is 19.6 Å². The van der Waals surface area contributed by atoms with E-state index in [9.17, 15) is 8.42 Å². The molecule has 2 heterocycles. The van der Waals surface area contributed by atoms with Gasteiger partial charge in [0, 0.05) is 23.7 Å². The number of nitrogens with zero attached hydrogens (tertiary/aromatic N) is 1. The molecule has 1 aromatic rings. The molecule has 6 heteroatoms. The van der Waals surface area contributed by atoms with Crippen molar-refractivity contribution in [1.29, 1.82) is 0 Å². The summed E-state index contributed by atoms with van der Waals surface area (Å²) in [7, 11) is -3.46. The summed E-state index contributed by atoms with van der Waals surface area (Å²) in [5, 5.41) is 3.91. The third kappa shape index (κ3) is 2.08. The topological polar surface area (TPSA) is 49.4 Å². The molecule has 0 spiro atoms. The van der Waals surface area contributed by atoms with E-state index in [1.54, 1.807) is 28.6 Å². The van der Waals surface area contributed by atoms with Crippen molar-refractivity contribution < 1.29 is 8.42 Å². The van der Waals surface area contributed by atoms with E-state index in [-0.39, 0.29) is 5.54 Å². The number of hydrogen-bond donors (Lipinski definition) is 1. The molecule has 0 saturated carbocycles. The minimum Gasteiger partial charge on any atom is -0.316 e. The Morgan fingerprint density at radius 3 is 2.50 bits per heavy atom. The van der Waals surface area contributed by atoms with Crippen LogP contribution in [-0.2, 0) is 10.0 Å². The molecule has 2 aliphatic heterocycles. The maximum Gasteiger partial charge on any atom is 0.243 e. The smallest absolute Gasteiger partial charge is 0.243 e. The van der Waals surface area contributed by atoms with E-state index in [1.807, 2.05) is 13.8 Å². The minimum absolute atomic E-state index is 0.322. The van der Waals surface area contributed by atoms with Crippen LogP contribution in [-0.4, -0.2) is 37.9 Å². The molecular formula is C14H19ClN2O2S. The highest BCUT2D eigenvalue weighted by molar-refractivity contribution is 7.89. The number of sulfonamides is 1. The first-order valence-corrected chi connectivity index (χ1v) is 8.64. The summed E-state index contributed by atoms with van der Waals surface area (Å²) in [4.78, 5) is 0.322. The molecule has 2 unspecified atom stereocenters. The SMILES string of the molecule is CC1(C)C2CNCC2CN1S(=O)(=O)c1ccc(Cl)cc1. The van der Waals surface area contributed by atoms with Gasteiger partial charge >= 0.3 is 0 Å². The van der Waals surface area contributed by atoms with Crippen LogP contribution in [0.2, 0.25) is 5.02 Å². The molecule has 0 radical (unpaired) electrons. The highest BCUT2D eigenvalue weighted by atomic mass is 35.5. The van der Waals surface area contributed by atoms with E-state index in [4.69, 9.17) is 11.6 Å². The van der Waals surface area contributed by atoms with Gasteiger partial charge in [-0.2, -0.15) is 4.31 Å². The van der Waals surface area contributed by atoms with Gasteiger partial charge in [0.15, 0.2) is 0 Å². The molecule has 1 aromatic carbocycles. The molecule has 0 amide bonds. The quantitative estimate of drug-likeness (QED) is 0.908. The van der Waals surface area contributed by atoms with Crippen LogP contribution in [0, 0.1) is 11.8 Å². The highest BCUT2D eigenvalue weighted by Gasteiger charge is 2.53. The zero-order chi connectivity index (χ0) is 14.5. The Hall–Kier alpha value is -0.620. The molecule has 1 N–H and O–H groups in total. The lowest BCUT2D eigenvalue weighted by atomic mass is 9.85. The van der Waals surface area contributed by atoms with Crippen LogP contribution in [0.15, 0.2) is 29.2 Å². The standard InChI is InChI=1S/C14H19ClN2O2S/c1-14(2)13-8-16-7-10(13)9-17(14)20(18,19)12-5-3-11(15)4-6-12/h3-6,10,13,16H,7-9H2,1-2H3. The molecule has 2 saturated heterocycles. The predicted octanol–water partition coefficient (Wildman–Crippen LogP) is 1.96. The fourth-order valence-electron chi connectivity index (χ4n) is 3.53. The third-order valence-electron chi connectivity index (χ3n) is 4.69. The van der Waals surface area contributed by atoms with E-state index in [0.29, 0.717) is 28.3 Å². The van der Waals surface area contributed by atoms with Gasteiger partial charge in [-0.1, -0.05) is 11.6 Å². The second-order valence-corrected chi connectivity index (χ2v) is 8.47. The Labute approximate surface area is 125 Å². The zero-order valence-corrected chi connectivity index (χ0v) is 13.2. The molecule has 2 atom stereocenters. The lowest BCUT2D eigenvalue weighted by molar-refractivity contribution is 0.233. The van der Waals surface area contributed by atoms with Crippen LogP contribution in [0.25, 0.3) is 0 Å². The Morgan fingerprint density at radius 2 is 1.90 bits per heavy atom. The molecular weight excluding hydrogens is 296 g/mol. The number of rotatable bonds is 2. The van der Waals surface area contributed by atoms with Crippen LogP contribution in [0.4, 0.5) is 0 Å². The summed E-state index contributed by atoms with van der Waals surface area (Å²) in [5.41, 5.74) is -0.355. The van der Waals surface area contributed by atoms with Gasteiger partial charge in [0.25, 0.3) is 0 Å². The maximum absolute atomic E-state index is 12.9. The van der Waals surface area contributed by atoms with Gasteiger partial charge in [-0.25, -0.2) is 8.42 Å². The molecule has 0 aliphatic carbocycles. The van der Waals surface area contributed by atoms with Gasteiger partial charge in [-0.3, -0.25) is 0 Å². The summed E-state index contributed by atoms with van der Waals surface area (Å²) in [5.74, 6) is 0.789. The average molecular weight is 315 g/mol. The van der Waals surface area contributed by atoms with Crippen molar-refractivity contribution in [3.63, 3.8) is 0 Å². The Balaban J connectivity index is 1.98. The lowest BCUT2D eigenvalue weighted by Gasteiger charge is -2.34. The number of benzene rings is 1. The summed E-state index contributed by atoms with van der Waals surface area (Å²) in [6.07, 6.45) is 0. The second-order valence-electron chi connectivity index (χ2n) is 6.17. The van der Waals surface area contributed by atoms with E-state index < -0.39 is 10.0 Å². The van der Waals surface area contributed by atoms with Gasteiger partial charge in [0.2, 0.25) is 10.0 Å². The van der Waals surface area contributed by atoms with Crippen LogP contribution in [0.3, 0.4) is 0 Å². The molecule has 110 valence electrons. The van der Waals surface area contributed by atoms with Gasteiger partial charge < -0.3 is 5.32 Å². The van der Waals surface area contributed by atoms with Crippen LogP contribution in [0.1, 0.15) is 13.8 Å². The molecule has 4 nitrogen and oxygen atoms in total. The molecule has 2 fully saturated rings. The number of halogens is 1. The third-order valence-corrected chi connectivity index (χ3v) is 7.01. The summed E-state index contributed by atoms with van der Waals surface area (Å²) < 4.78 is 27.4. The van der Waals surface area contributed by atoms with Gasteiger partial charge in [0.05, 0.1) is 4.90 Å². The highest BCUT2D eigenvalue weighted by Crippen LogP contribution is 2.43. The second kappa shape index (κ2) is 4.70. The monoisotopic (exact) mass is 314 g/mol. The van der Waals surface area contributed by atoms with Crippen LogP contribution in [0.5, 0.6) is 0 Å². The Morgan fingerprint density at radius 1 is 1.25 bits per heavy atom. The van der Waals surface area contributed by atoms with Gasteiger partial charge in [-0.05, 0) is 56.5 Å². The average Bonchev–Trinajstić information content (AvgIpc) is 2.93. The van der Waals surface area contributed by atoms with Crippen molar-refractivity contribution in [2.24, 2.45) is 11.8 Å². The number of fused-ring (bicyclic) bond motifs is 1. The molecule has 20 heavy (non-hydrogen) atoms. The Kier molecular flexibility index (Phi) is 3.36. The minimum atomic E-state index is -3.46. The first-order valence-electron chi connectivity index (χ1n) is 6.82. The van der Waals surface area contributed by atoms with E-state index in [2.05, 4.69) is 5.32 Å². The maximum atomic E-state index is 12.9. The largest absolute Gasteiger partial charge is 0.316 e. The van der Waals surface area contributed by atoms with Crippen molar-refractivity contribution in [3.05, 3.63) is 29.3 Å². The lowest BCUT2D eigenvalue weighted by Crippen LogP contribution is -2.47.